The molecule has 0 saturated carbocycles. The highest BCUT2D eigenvalue weighted by Gasteiger charge is 1.97. The van der Waals surface area contributed by atoms with Gasteiger partial charge in [0.25, 0.3) is 0 Å². The monoisotopic (exact) mass is 185 g/mol. The van der Waals surface area contributed by atoms with Crippen LogP contribution in [0.15, 0.2) is 36.4 Å². The summed E-state index contributed by atoms with van der Waals surface area (Å²) >= 11 is 0. The molecule has 0 atom stereocenters. The number of rotatable bonds is 2. The van der Waals surface area contributed by atoms with Gasteiger partial charge < -0.3 is 5.73 Å². The summed E-state index contributed by atoms with van der Waals surface area (Å²) in [6.45, 7) is 2.87. The zero-order valence-electron chi connectivity index (χ0n) is 8.46. The number of hydrogen-bond donors (Lipinski definition) is 1. The van der Waals surface area contributed by atoms with Gasteiger partial charge in [-0.15, -0.1) is 0 Å². The molecule has 2 rings (SSSR count). The molecule has 0 aromatic heterocycles. The van der Waals surface area contributed by atoms with Crippen LogP contribution in [-0.2, 0) is 6.42 Å². The Morgan fingerprint density at radius 3 is 2.79 bits per heavy atom. The fourth-order valence-corrected chi connectivity index (χ4v) is 1.80. The van der Waals surface area contributed by atoms with E-state index in [2.05, 4.69) is 43.3 Å². The Morgan fingerprint density at radius 2 is 2.00 bits per heavy atom. The summed E-state index contributed by atoms with van der Waals surface area (Å²) < 4.78 is 0. The van der Waals surface area contributed by atoms with Crippen LogP contribution < -0.4 is 5.73 Å². The molecule has 0 radical (unpaired) electrons. The molecule has 0 aliphatic heterocycles. The van der Waals surface area contributed by atoms with Gasteiger partial charge in [-0.25, -0.2) is 0 Å². The molecule has 72 valence electrons. The van der Waals surface area contributed by atoms with E-state index in [0.29, 0.717) is 0 Å². The molecular formula is C13H15N. The highest BCUT2D eigenvalue weighted by atomic mass is 14.5. The fourth-order valence-electron chi connectivity index (χ4n) is 1.80. The lowest BCUT2D eigenvalue weighted by Crippen LogP contribution is -2.02. The minimum Gasteiger partial charge on any atom is -0.330 e. The average molecular weight is 185 g/mol. The predicted octanol–water partition coefficient (Wildman–Crippen LogP) is 2.65. The summed E-state index contributed by atoms with van der Waals surface area (Å²) in [6.07, 6.45) is 0.963. The first-order chi connectivity index (χ1) is 6.81. The topological polar surface area (TPSA) is 26.0 Å². The van der Waals surface area contributed by atoms with Crippen LogP contribution in [0.25, 0.3) is 10.8 Å². The molecule has 0 aliphatic rings. The zero-order chi connectivity index (χ0) is 9.97. The van der Waals surface area contributed by atoms with Gasteiger partial charge in [0.15, 0.2) is 0 Å². The second-order valence-electron chi connectivity index (χ2n) is 3.67. The van der Waals surface area contributed by atoms with E-state index in [0.717, 1.165) is 13.0 Å². The van der Waals surface area contributed by atoms with Crippen molar-refractivity contribution in [1.29, 1.82) is 0 Å². The summed E-state index contributed by atoms with van der Waals surface area (Å²) in [4.78, 5) is 0. The van der Waals surface area contributed by atoms with Crippen LogP contribution in [-0.4, -0.2) is 6.54 Å². The van der Waals surface area contributed by atoms with Crippen molar-refractivity contribution in [3.05, 3.63) is 47.5 Å². The number of benzene rings is 2. The van der Waals surface area contributed by atoms with Crippen molar-refractivity contribution in [2.75, 3.05) is 6.54 Å². The highest BCUT2D eigenvalue weighted by molar-refractivity contribution is 5.86. The number of aryl methyl sites for hydroxylation is 1. The lowest BCUT2D eigenvalue weighted by molar-refractivity contribution is 0.971. The second kappa shape index (κ2) is 3.81. The first-order valence-electron chi connectivity index (χ1n) is 4.99. The normalized spacial score (nSPS) is 10.7. The molecule has 2 N–H and O–H groups in total. The van der Waals surface area contributed by atoms with Crippen molar-refractivity contribution >= 4 is 10.8 Å². The van der Waals surface area contributed by atoms with Crippen molar-refractivity contribution in [2.45, 2.75) is 13.3 Å². The van der Waals surface area contributed by atoms with Gasteiger partial charge in [-0.05, 0) is 41.8 Å². The van der Waals surface area contributed by atoms with Crippen LogP contribution >= 0.6 is 0 Å². The summed E-state index contributed by atoms with van der Waals surface area (Å²) in [7, 11) is 0. The van der Waals surface area contributed by atoms with E-state index in [1.54, 1.807) is 0 Å². The van der Waals surface area contributed by atoms with E-state index in [9.17, 15) is 0 Å². The van der Waals surface area contributed by atoms with E-state index in [1.165, 1.54) is 21.9 Å². The number of nitrogens with two attached hydrogens (primary N) is 1. The van der Waals surface area contributed by atoms with E-state index < -0.39 is 0 Å². The van der Waals surface area contributed by atoms with Crippen LogP contribution in [0.3, 0.4) is 0 Å². The molecule has 0 bridgehead atoms. The third-order valence-corrected chi connectivity index (χ3v) is 2.60. The maximum atomic E-state index is 5.54. The SMILES string of the molecule is Cc1cccc2ccc(CCN)cc12. The van der Waals surface area contributed by atoms with Gasteiger partial charge in [-0.1, -0.05) is 36.4 Å². The maximum absolute atomic E-state index is 5.54. The summed E-state index contributed by atoms with van der Waals surface area (Å²) in [5.41, 5.74) is 8.21. The van der Waals surface area contributed by atoms with Crippen LogP contribution in [0, 0.1) is 6.92 Å². The third-order valence-electron chi connectivity index (χ3n) is 2.60. The maximum Gasteiger partial charge on any atom is -0.00367 e. The quantitative estimate of drug-likeness (QED) is 0.764. The number of fused-ring (bicyclic) bond motifs is 1. The molecule has 14 heavy (non-hydrogen) atoms. The van der Waals surface area contributed by atoms with Crippen molar-refractivity contribution < 1.29 is 0 Å². The Kier molecular flexibility index (Phi) is 2.51. The minimum absolute atomic E-state index is 0.720. The lowest BCUT2D eigenvalue weighted by Gasteiger charge is -2.04. The lowest BCUT2D eigenvalue weighted by atomic mass is 10.0. The van der Waals surface area contributed by atoms with E-state index in [-0.39, 0.29) is 0 Å². The predicted molar refractivity (Wildman–Crippen MR) is 61.4 cm³/mol. The standard InChI is InChI=1S/C13H15N/c1-10-3-2-4-12-6-5-11(7-8-14)9-13(10)12/h2-6,9H,7-8,14H2,1H3. The molecule has 0 saturated heterocycles. The van der Waals surface area contributed by atoms with Gasteiger partial charge in [0.05, 0.1) is 0 Å². The van der Waals surface area contributed by atoms with Gasteiger partial charge in [0.2, 0.25) is 0 Å². The van der Waals surface area contributed by atoms with Crippen molar-refractivity contribution in [1.82, 2.24) is 0 Å². The molecule has 0 spiro atoms. The molecule has 2 aromatic rings. The second-order valence-corrected chi connectivity index (χ2v) is 3.67. The Hall–Kier alpha value is -1.34. The van der Waals surface area contributed by atoms with Crippen LogP contribution in [0.2, 0.25) is 0 Å². The highest BCUT2D eigenvalue weighted by Crippen LogP contribution is 2.19. The van der Waals surface area contributed by atoms with E-state index >= 15 is 0 Å². The molecule has 0 amide bonds. The number of hydrogen-bond acceptors (Lipinski definition) is 1. The van der Waals surface area contributed by atoms with Crippen molar-refractivity contribution in [3.8, 4) is 0 Å². The average Bonchev–Trinajstić information content (AvgIpc) is 2.20. The first-order valence-corrected chi connectivity index (χ1v) is 4.99. The smallest absolute Gasteiger partial charge is 0.00367 e. The summed E-state index contributed by atoms with van der Waals surface area (Å²) in [6, 6.07) is 13.0. The van der Waals surface area contributed by atoms with Gasteiger partial charge in [-0.2, -0.15) is 0 Å². The Balaban J connectivity index is 2.58. The molecule has 1 nitrogen and oxygen atoms in total. The molecule has 2 aromatic carbocycles. The molecule has 1 heteroatoms. The van der Waals surface area contributed by atoms with Crippen molar-refractivity contribution in [3.63, 3.8) is 0 Å². The Bertz CT molecular complexity index is 446. The van der Waals surface area contributed by atoms with Gasteiger partial charge in [0, 0.05) is 0 Å². The molecular weight excluding hydrogens is 170 g/mol. The molecule has 0 unspecified atom stereocenters. The summed E-state index contributed by atoms with van der Waals surface area (Å²) in [5, 5.41) is 2.66. The van der Waals surface area contributed by atoms with Crippen LogP contribution in [0.1, 0.15) is 11.1 Å². The van der Waals surface area contributed by atoms with E-state index in [1.807, 2.05) is 0 Å². The first kappa shape index (κ1) is 9.22. The third kappa shape index (κ3) is 1.64. The van der Waals surface area contributed by atoms with Crippen LogP contribution in [0.5, 0.6) is 0 Å². The van der Waals surface area contributed by atoms with Gasteiger partial charge in [-0.3, -0.25) is 0 Å². The zero-order valence-corrected chi connectivity index (χ0v) is 8.46. The van der Waals surface area contributed by atoms with Gasteiger partial charge in [0.1, 0.15) is 0 Å². The molecule has 0 heterocycles. The Morgan fingerprint density at radius 1 is 1.14 bits per heavy atom. The van der Waals surface area contributed by atoms with Crippen molar-refractivity contribution in [2.24, 2.45) is 5.73 Å². The molecule has 0 aliphatic carbocycles. The fraction of sp³-hybridized carbons (Fsp3) is 0.231. The van der Waals surface area contributed by atoms with Crippen LogP contribution in [0.4, 0.5) is 0 Å². The summed E-state index contributed by atoms with van der Waals surface area (Å²) in [5.74, 6) is 0. The van der Waals surface area contributed by atoms with Gasteiger partial charge >= 0.3 is 0 Å². The van der Waals surface area contributed by atoms with E-state index in [4.69, 9.17) is 5.73 Å². The largest absolute Gasteiger partial charge is 0.330 e. The minimum atomic E-state index is 0.720. The molecule has 0 fully saturated rings. The Labute approximate surface area is 84.5 Å².